The summed E-state index contributed by atoms with van der Waals surface area (Å²) >= 11 is 0. The number of nitrogens with zero attached hydrogens (tertiary/aromatic N) is 1. The third-order valence-corrected chi connectivity index (χ3v) is 4.77. The molecule has 1 aliphatic rings. The minimum Gasteiger partial charge on any atom is -0.312 e. The van der Waals surface area contributed by atoms with Crippen molar-refractivity contribution in [1.82, 2.24) is 10.2 Å². The number of hydrogen-bond donors (Lipinski definition) is 1. The van der Waals surface area contributed by atoms with Crippen molar-refractivity contribution >= 4 is 0 Å². The zero-order valence-corrected chi connectivity index (χ0v) is 13.2. The maximum atomic E-state index is 3.79. The van der Waals surface area contributed by atoms with Crippen LogP contribution in [0, 0.1) is 5.92 Å². The van der Waals surface area contributed by atoms with Crippen molar-refractivity contribution < 1.29 is 0 Å². The monoisotopic (exact) mass is 254 g/mol. The third-order valence-electron chi connectivity index (χ3n) is 4.77. The van der Waals surface area contributed by atoms with Crippen LogP contribution in [0.3, 0.4) is 0 Å². The molecule has 2 nitrogen and oxygen atoms in total. The predicted molar refractivity (Wildman–Crippen MR) is 81.0 cm³/mol. The van der Waals surface area contributed by atoms with Gasteiger partial charge in [0.2, 0.25) is 0 Å². The molecule has 0 aromatic heterocycles. The molecule has 1 rings (SSSR count). The van der Waals surface area contributed by atoms with Gasteiger partial charge in [0.15, 0.2) is 0 Å². The maximum Gasteiger partial charge on any atom is 0.0249 e. The second-order valence-electron chi connectivity index (χ2n) is 6.42. The Morgan fingerprint density at radius 2 is 1.78 bits per heavy atom. The predicted octanol–water partition coefficient (Wildman–Crippen LogP) is 3.66. The standard InChI is InChI=1S/C16H34N2/c1-6-12-17-15-10-8-7-9-11-16(15)18(5)14(4)13(2)3/h13-17H,6-12H2,1-5H3. The van der Waals surface area contributed by atoms with Crippen molar-refractivity contribution in [2.24, 2.45) is 5.92 Å². The van der Waals surface area contributed by atoms with E-state index in [0.29, 0.717) is 12.1 Å². The summed E-state index contributed by atoms with van der Waals surface area (Å²) in [6.07, 6.45) is 8.21. The largest absolute Gasteiger partial charge is 0.312 e. The summed E-state index contributed by atoms with van der Waals surface area (Å²) in [7, 11) is 2.33. The number of rotatable bonds is 6. The van der Waals surface area contributed by atoms with E-state index in [-0.39, 0.29) is 0 Å². The van der Waals surface area contributed by atoms with E-state index in [0.717, 1.165) is 12.0 Å². The van der Waals surface area contributed by atoms with Crippen molar-refractivity contribution in [2.75, 3.05) is 13.6 Å². The summed E-state index contributed by atoms with van der Waals surface area (Å²) in [5.74, 6) is 0.741. The van der Waals surface area contributed by atoms with Gasteiger partial charge in [0.05, 0.1) is 0 Å². The summed E-state index contributed by atoms with van der Waals surface area (Å²) in [6.45, 7) is 10.5. The van der Waals surface area contributed by atoms with Crippen molar-refractivity contribution in [2.45, 2.75) is 84.3 Å². The van der Waals surface area contributed by atoms with Gasteiger partial charge in [-0.05, 0) is 45.7 Å². The van der Waals surface area contributed by atoms with Gasteiger partial charge >= 0.3 is 0 Å². The molecule has 0 saturated heterocycles. The van der Waals surface area contributed by atoms with E-state index in [1.807, 2.05) is 0 Å². The lowest BCUT2D eigenvalue weighted by atomic mass is 9.96. The molecule has 0 aromatic rings. The Morgan fingerprint density at radius 3 is 2.39 bits per heavy atom. The van der Waals surface area contributed by atoms with Crippen LogP contribution in [0.2, 0.25) is 0 Å². The van der Waals surface area contributed by atoms with Crippen LogP contribution in [0.5, 0.6) is 0 Å². The lowest BCUT2D eigenvalue weighted by Crippen LogP contribution is -2.52. The van der Waals surface area contributed by atoms with E-state index in [9.17, 15) is 0 Å². The van der Waals surface area contributed by atoms with Crippen LogP contribution in [0.25, 0.3) is 0 Å². The Balaban J connectivity index is 2.65. The Hall–Kier alpha value is -0.0800. The molecular weight excluding hydrogens is 220 g/mol. The van der Waals surface area contributed by atoms with Crippen LogP contribution in [0.15, 0.2) is 0 Å². The summed E-state index contributed by atoms with van der Waals surface area (Å²) < 4.78 is 0. The van der Waals surface area contributed by atoms with Gasteiger partial charge in [0.1, 0.15) is 0 Å². The van der Waals surface area contributed by atoms with Crippen molar-refractivity contribution in [3.8, 4) is 0 Å². The van der Waals surface area contributed by atoms with Crippen molar-refractivity contribution in [3.05, 3.63) is 0 Å². The summed E-state index contributed by atoms with van der Waals surface area (Å²) in [5.41, 5.74) is 0. The van der Waals surface area contributed by atoms with E-state index in [2.05, 4.69) is 45.0 Å². The molecule has 0 aliphatic heterocycles. The molecule has 0 bridgehead atoms. The minimum absolute atomic E-state index is 0.680. The van der Waals surface area contributed by atoms with E-state index in [4.69, 9.17) is 0 Å². The van der Waals surface area contributed by atoms with Crippen LogP contribution in [0.1, 0.15) is 66.2 Å². The second kappa shape index (κ2) is 8.16. The molecule has 3 unspecified atom stereocenters. The number of likely N-dealkylation sites (N-methyl/N-ethyl adjacent to an activating group) is 1. The van der Waals surface area contributed by atoms with Crippen molar-refractivity contribution in [3.63, 3.8) is 0 Å². The molecule has 0 aromatic carbocycles. The van der Waals surface area contributed by atoms with E-state index < -0.39 is 0 Å². The van der Waals surface area contributed by atoms with Crippen LogP contribution in [-0.4, -0.2) is 36.6 Å². The Labute approximate surface area is 115 Å². The second-order valence-corrected chi connectivity index (χ2v) is 6.42. The fraction of sp³-hybridized carbons (Fsp3) is 1.00. The van der Waals surface area contributed by atoms with Crippen LogP contribution >= 0.6 is 0 Å². The molecule has 1 fully saturated rings. The molecule has 1 N–H and O–H groups in total. The van der Waals surface area contributed by atoms with Crippen LogP contribution in [0.4, 0.5) is 0 Å². The Bertz CT molecular complexity index is 215. The highest BCUT2D eigenvalue weighted by atomic mass is 15.2. The molecule has 0 spiro atoms. The van der Waals surface area contributed by atoms with E-state index in [1.54, 1.807) is 0 Å². The minimum atomic E-state index is 0.680. The normalized spacial score (nSPS) is 27.5. The SMILES string of the molecule is CCCNC1CCCCCC1N(C)C(C)C(C)C. The number of nitrogens with one attached hydrogen (secondary N) is 1. The molecule has 18 heavy (non-hydrogen) atoms. The molecule has 0 amide bonds. The highest BCUT2D eigenvalue weighted by molar-refractivity contribution is 4.88. The van der Waals surface area contributed by atoms with Gasteiger partial charge in [-0.1, -0.05) is 40.0 Å². The average molecular weight is 254 g/mol. The zero-order valence-electron chi connectivity index (χ0n) is 13.2. The first-order valence-corrected chi connectivity index (χ1v) is 8.03. The van der Waals surface area contributed by atoms with Gasteiger partial charge in [0.25, 0.3) is 0 Å². The van der Waals surface area contributed by atoms with Crippen LogP contribution in [-0.2, 0) is 0 Å². The molecule has 3 atom stereocenters. The van der Waals surface area contributed by atoms with Gasteiger partial charge in [0, 0.05) is 18.1 Å². The number of hydrogen-bond acceptors (Lipinski definition) is 2. The third kappa shape index (κ3) is 4.55. The fourth-order valence-electron chi connectivity index (χ4n) is 3.12. The quantitative estimate of drug-likeness (QED) is 0.728. The molecule has 1 aliphatic carbocycles. The zero-order chi connectivity index (χ0) is 13.5. The molecular formula is C16H34N2. The van der Waals surface area contributed by atoms with E-state index >= 15 is 0 Å². The summed E-state index contributed by atoms with van der Waals surface area (Å²) in [5, 5.41) is 3.79. The van der Waals surface area contributed by atoms with Gasteiger partial charge in [-0.2, -0.15) is 0 Å². The highest BCUT2D eigenvalue weighted by Gasteiger charge is 2.29. The topological polar surface area (TPSA) is 15.3 Å². The summed E-state index contributed by atoms with van der Waals surface area (Å²) in [6, 6.07) is 2.12. The smallest absolute Gasteiger partial charge is 0.0249 e. The maximum absolute atomic E-state index is 3.79. The Kier molecular flexibility index (Phi) is 7.25. The molecule has 108 valence electrons. The Morgan fingerprint density at radius 1 is 1.11 bits per heavy atom. The molecule has 1 saturated carbocycles. The van der Waals surface area contributed by atoms with Crippen molar-refractivity contribution in [1.29, 1.82) is 0 Å². The first-order valence-electron chi connectivity index (χ1n) is 8.03. The molecule has 0 heterocycles. The van der Waals surface area contributed by atoms with Gasteiger partial charge < -0.3 is 5.32 Å². The van der Waals surface area contributed by atoms with Gasteiger partial charge in [-0.15, -0.1) is 0 Å². The van der Waals surface area contributed by atoms with Gasteiger partial charge in [-0.3, -0.25) is 4.90 Å². The first kappa shape index (κ1) is 16.0. The summed E-state index contributed by atoms with van der Waals surface area (Å²) in [4.78, 5) is 2.64. The lowest BCUT2D eigenvalue weighted by Gasteiger charge is -2.39. The molecule has 0 radical (unpaired) electrons. The highest BCUT2D eigenvalue weighted by Crippen LogP contribution is 2.24. The van der Waals surface area contributed by atoms with Gasteiger partial charge in [-0.25, -0.2) is 0 Å². The first-order chi connectivity index (χ1) is 8.57. The van der Waals surface area contributed by atoms with E-state index in [1.165, 1.54) is 45.1 Å². The fourth-order valence-corrected chi connectivity index (χ4v) is 3.12. The van der Waals surface area contributed by atoms with Crippen LogP contribution < -0.4 is 5.32 Å². The lowest BCUT2D eigenvalue weighted by molar-refractivity contribution is 0.112. The molecule has 2 heteroatoms. The average Bonchev–Trinajstić information content (AvgIpc) is 2.59.